The van der Waals surface area contributed by atoms with Crippen LogP contribution >= 0.6 is 0 Å². The third kappa shape index (κ3) is 8.02. The molecule has 2 rings (SSSR count). The van der Waals surface area contributed by atoms with Crippen LogP contribution in [0.2, 0.25) is 0 Å². The molecule has 1 fully saturated rings. The Morgan fingerprint density at radius 1 is 1.12 bits per heavy atom. The molecule has 2 N–H and O–H groups in total. The molecule has 0 aromatic heterocycles. The average molecular weight is 361 g/mol. The number of halogens is 6. The fraction of sp³-hybridized carbons (Fsp3) is 0.462. The molecule has 5 nitrogen and oxygen atoms in total. The SMILES string of the molecule is FC(F)(F)Oc1ccc(COC2CNC2)cc1.O=C(O)C(F)(F)F. The van der Waals surface area contributed by atoms with Gasteiger partial charge in [0.25, 0.3) is 0 Å². The third-order valence-corrected chi connectivity index (χ3v) is 2.63. The maximum Gasteiger partial charge on any atom is 0.573 e. The maximum atomic E-state index is 11.9. The average Bonchev–Trinajstić information content (AvgIpc) is 2.37. The molecule has 1 saturated heterocycles. The van der Waals surface area contributed by atoms with Crippen molar-refractivity contribution in [3.8, 4) is 5.75 Å². The predicted octanol–water partition coefficient (Wildman–Crippen LogP) is 2.71. The lowest BCUT2D eigenvalue weighted by atomic mass is 10.2. The summed E-state index contributed by atoms with van der Waals surface area (Å²) in [6.07, 6.45) is -9.52. The molecule has 0 atom stereocenters. The molecule has 0 bridgehead atoms. The van der Waals surface area contributed by atoms with Crippen molar-refractivity contribution >= 4 is 5.97 Å². The van der Waals surface area contributed by atoms with Crippen LogP contribution in [0.4, 0.5) is 26.3 Å². The summed E-state index contributed by atoms with van der Waals surface area (Å²) in [6.45, 7) is 2.06. The molecule has 0 radical (unpaired) electrons. The normalized spacial score (nSPS) is 15.1. The van der Waals surface area contributed by atoms with Gasteiger partial charge in [-0.2, -0.15) is 13.2 Å². The van der Waals surface area contributed by atoms with E-state index < -0.39 is 18.5 Å². The third-order valence-electron chi connectivity index (χ3n) is 2.63. The first-order valence-electron chi connectivity index (χ1n) is 6.44. The van der Waals surface area contributed by atoms with E-state index in [4.69, 9.17) is 14.6 Å². The Kier molecular flexibility index (Phi) is 6.84. The first kappa shape index (κ1) is 20.0. The molecule has 0 unspecified atom stereocenters. The Hall–Kier alpha value is -2.01. The Morgan fingerprint density at radius 2 is 1.62 bits per heavy atom. The molecule has 1 aliphatic rings. The second-order valence-electron chi connectivity index (χ2n) is 4.59. The molecule has 11 heteroatoms. The molecular weight excluding hydrogens is 348 g/mol. The topological polar surface area (TPSA) is 67.8 Å². The lowest BCUT2D eigenvalue weighted by Crippen LogP contribution is -2.48. The van der Waals surface area contributed by atoms with Crippen LogP contribution < -0.4 is 10.1 Å². The molecule has 0 aliphatic carbocycles. The van der Waals surface area contributed by atoms with Gasteiger partial charge in [-0.15, -0.1) is 13.2 Å². The van der Waals surface area contributed by atoms with Crippen molar-refractivity contribution in [3.63, 3.8) is 0 Å². The number of carboxylic acid groups (broad SMARTS) is 1. The first-order chi connectivity index (χ1) is 11.0. The number of alkyl halides is 6. The minimum atomic E-state index is -5.08. The fourth-order valence-electron chi connectivity index (χ4n) is 1.38. The van der Waals surface area contributed by atoms with Gasteiger partial charge in [-0.25, -0.2) is 4.79 Å². The number of aliphatic carboxylic acids is 1. The van der Waals surface area contributed by atoms with Crippen molar-refractivity contribution in [3.05, 3.63) is 29.8 Å². The second-order valence-corrected chi connectivity index (χ2v) is 4.59. The van der Waals surface area contributed by atoms with Crippen LogP contribution in [-0.2, 0) is 16.1 Å². The van der Waals surface area contributed by atoms with Gasteiger partial charge in [-0.05, 0) is 17.7 Å². The number of hydrogen-bond acceptors (Lipinski definition) is 4. The standard InChI is InChI=1S/C11H12F3NO2.C2HF3O2/c12-11(13,14)17-9-3-1-8(2-4-9)7-16-10-5-15-6-10;3-2(4,5)1(6)7/h1-4,10,15H,5-7H2;(H,6,7). The van der Waals surface area contributed by atoms with Crippen molar-refractivity contribution in [2.45, 2.75) is 25.2 Å². The van der Waals surface area contributed by atoms with Crippen molar-refractivity contribution < 1.29 is 45.7 Å². The van der Waals surface area contributed by atoms with Gasteiger partial charge in [0.2, 0.25) is 0 Å². The van der Waals surface area contributed by atoms with E-state index in [-0.39, 0.29) is 11.9 Å². The fourth-order valence-corrected chi connectivity index (χ4v) is 1.38. The first-order valence-corrected chi connectivity index (χ1v) is 6.44. The molecule has 1 aromatic rings. The van der Waals surface area contributed by atoms with Crippen LogP contribution in [0.15, 0.2) is 24.3 Å². The van der Waals surface area contributed by atoms with E-state index in [9.17, 15) is 26.3 Å². The Morgan fingerprint density at radius 3 is 1.96 bits per heavy atom. The summed E-state index contributed by atoms with van der Waals surface area (Å²) in [5, 5.41) is 10.2. The number of carboxylic acids is 1. The van der Waals surface area contributed by atoms with E-state index in [1.165, 1.54) is 12.1 Å². The van der Waals surface area contributed by atoms with Crippen molar-refractivity contribution in [1.29, 1.82) is 0 Å². The van der Waals surface area contributed by atoms with E-state index in [0.717, 1.165) is 18.7 Å². The van der Waals surface area contributed by atoms with Gasteiger partial charge in [0.05, 0.1) is 12.7 Å². The number of rotatable bonds is 4. The Balaban J connectivity index is 0.000000351. The zero-order valence-electron chi connectivity index (χ0n) is 11.9. The minimum absolute atomic E-state index is 0.209. The minimum Gasteiger partial charge on any atom is -0.475 e. The van der Waals surface area contributed by atoms with Crippen molar-refractivity contribution in [1.82, 2.24) is 5.32 Å². The van der Waals surface area contributed by atoms with Gasteiger partial charge in [0.15, 0.2) is 0 Å². The van der Waals surface area contributed by atoms with Gasteiger partial charge in [0.1, 0.15) is 5.75 Å². The highest BCUT2D eigenvalue weighted by Gasteiger charge is 2.38. The molecule has 0 saturated carbocycles. The van der Waals surface area contributed by atoms with Gasteiger partial charge >= 0.3 is 18.5 Å². The number of nitrogens with one attached hydrogen (secondary N) is 1. The van der Waals surface area contributed by atoms with Crippen LogP contribution in [0, 0.1) is 0 Å². The van der Waals surface area contributed by atoms with Crippen LogP contribution in [0.5, 0.6) is 5.75 Å². The zero-order valence-corrected chi connectivity index (χ0v) is 11.9. The summed E-state index contributed by atoms with van der Waals surface area (Å²) in [5.41, 5.74) is 0.825. The quantitative estimate of drug-likeness (QED) is 0.808. The Labute approximate surface area is 132 Å². The molecule has 1 heterocycles. The number of ether oxygens (including phenoxy) is 2. The zero-order chi connectivity index (χ0) is 18.4. The predicted molar refractivity (Wildman–Crippen MR) is 68.3 cm³/mol. The summed E-state index contributed by atoms with van der Waals surface area (Å²) >= 11 is 0. The molecule has 136 valence electrons. The van der Waals surface area contributed by atoms with Crippen LogP contribution in [0.1, 0.15) is 5.56 Å². The summed E-state index contributed by atoms with van der Waals surface area (Å²) in [4.78, 5) is 8.90. The molecule has 0 amide bonds. The van der Waals surface area contributed by atoms with E-state index in [0.29, 0.717) is 6.61 Å². The lowest BCUT2D eigenvalue weighted by molar-refractivity contribution is -0.274. The number of benzene rings is 1. The van der Waals surface area contributed by atoms with E-state index in [1.807, 2.05) is 0 Å². The summed E-state index contributed by atoms with van der Waals surface area (Å²) < 4.78 is 76.7. The summed E-state index contributed by atoms with van der Waals surface area (Å²) in [7, 11) is 0. The van der Waals surface area contributed by atoms with Gasteiger partial charge in [-0.3, -0.25) is 0 Å². The van der Waals surface area contributed by atoms with E-state index >= 15 is 0 Å². The smallest absolute Gasteiger partial charge is 0.475 e. The molecular formula is C13H13F6NO4. The monoisotopic (exact) mass is 361 g/mol. The summed E-state index contributed by atoms with van der Waals surface area (Å²) in [5.74, 6) is -2.97. The molecule has 24 heavy (non-hydrogen) atoms. The number of hydrogen-bond donors (Lipinski definition) is 2. The van der Waals surface area contributed by atoms with Gasteiger partial charge in [0, 0.05) is 13.1 Å². The molecule has 1 aliphatic heterocycles. The second kappa shape index (κ2) is 8.20. The van der Waals surface area contributed by atoms with E-state index in [2.05, 4.69) is 10.1 Å². The lowest BCUT2D eigenvalue weighted by Gasteiger charge is -2.27. The molecule has 0 spiro atoms. The number of carbonyl (C=O) groups is 1. The van der Waals surface area contributed by atoms with Crippen molar-refractivity contribution in [2.75, 3.05) is 13.1 Å². The van der Waals surface area contributed by atoms with Crippen LogP contribution in [0.25, 0.3) is 0 Å². The maximum absolute atomic E-state index is 11.9. The molecule has 1 aromatic carbocycles. The van der Waals surface area contributed by atoms with Crippen LogP contribution in [-0.4, -0.2) is 42.8 Å². The van der Waals surface area contributed by atoms with Crippen molar-refractivity contribution in [2.24, 2.45) is 0 Å². The van der Waals surface area contributed by atoms with Gasteiger partial charge in [-0.1, -0.05) is 12.1 Å². The highest BCUT2D eigenvalue weighted by atomic mass is 19.4. The highest BCUT2D eigenvalue weighted by molar-refractivity contribution is 5.73. The highest BCUT2D eigenvalue weighted by Crippen LogP contribution is 2.23. The Bertz CT molecular complexity index is 525. The van der Waals surface area contributed by atoms with E-state index in [1.54, 1.807) is 12.1 Å². The largest absolute Gasteiger partial charge is 0.573 e. The van der Waals surface area contributed by atoms with Gasteiger partial charge < -0.3 is 19.9 Å². The van der Waals surface area contributed by atoms with Crippen LogP contribution in [0.3, 0.4) is 0 Å². The summed E-state index contributed by atoms with van der Waals surface area (Å²) in [6, 6.07) is 5.69.